The van der Waals surface area contributed by atoms with Crippen molar-refractivity contribution >= 4 is 113 Å². The normalized spacial score (nSPS) is 12.0. The number of benzene rings is 10. The van der Waals surface area contributed by atoms with E-state index in [9.17, 15) is 0 Å². The molecule has 0 radical (unpaired) electrons. The van der Waals surface area contributed by atoms with E-state index in [0.717, 1.165) is 0 Å². The van der Waals surface area contributed by atoms with E-state index in [1.807, 2.05) is 11.3 Å². The van der Waals surface area contributed by atoms with Gasteiger partial charge >= 0.3 is 0 Å². The number of anilines is 3. The van der Waals surface area contributed by atoms with E-state index < -0.39 is 0 Å². The highest BCUT2D eigenvalue weighted by Crippen LogP contribution is 2.52. The monoisotopic (exact) mass is 651 g/mol. The molecule has 0 amide bonds. The summed E-state index contributed by atoms with van der Waals surface area (Å²) in [4.78, 5) is 2.56. The fraction of sp³-hybridized carbons (Fsp3) is 0. The van der Waals surface area contributed by atoms with Gasteiger partial charge in [-0.05, 0) is 66.7 Å². The maximum atomic E-state index is 2.56. The van der Waals surface area contributed by atoms with Crippen LogP contribution in [0.2, 0.25) is 0 Å². The van der Waals surface area contributed by atoms with Crippen LogP contribution >= 0.6 is 11.3 Å². The molecule has 1 nitrogen and oxygen atoms in total. The summed E-state index contributed by atoms with van der Waals surface area (Å²) in [5, 5.41) is 17.9. The Hall–Kier alpha value is -6.22. The van der Waals surface area contributed by atoms with E-state index in [-0.39, 0.29) is 0 Å². The van der Waals surface area contributed by atoms with Crippen molar-refractivity contribution in [1.29, 1.82) is 0 Å². The first kappa shape index (κ1) is 27.7. The zero-order valence-corrected chi connectivity index (χ0v) is 27.9. The Balaban J connectivity index is 1.34. The van der Waals surface area contributed by atoms with Crippen LogP contribution in [-0.4, -0.2) is 0 Å². The Morgan fingerprint density at radius 1 is 0.280 bits per heavy atom. The average Bonchev–Trinajstić information content (AvgIpc) is 3.59. The quantitative estimate of drug-likeness (QED) is 0.172. The molecule has 1 heterocycles. The Labute approximate surface area is 292 Å². The van der Waals surface area contributed by atoms with E-state index in [0.29, 0.717) is 0 Å². The summed E-state index contributed by atoms with van der Waals surface area (Å²) in [7, 11) is 0. The van der Waals surface area contributed by atoms with Gasteiger partial charge in [-0.1, -0.05) is 158 Å². The number of nitrogens with zero attached hydrogens (tertiary/aromatic N) is 1. The van der Waals surface area contributed by atoms with Crippen LogP contribution in [0.5, 0.6) is 0 Å². The molecule has 0 spiro atoms. The van der Waals surface area contributed by atoms with E-state index in [1.165, 1.54) is 102 Å². The second-order valence-electron chi connectivity index (χ2n) is 13.2. The zero-order valence-electron chi connectivity index (χ0n) is 27.1. The minimum Gasteiger partial charge on any atom is -0.308 e. The molecular weight excluding hydrogens is 623 g/mol. The number of thiophene rings is 1. The summed E-state index contributed by atoms with van der Waals surface area (Å²) in [5.74, 6) is 0. The standard InChI is InChI=1S/C48H29NS/c1-3-16-32-30(14-1)28-44(38-22-9-5-18-34(32)38)49(45-29-31-15-2-4-17-33(31)35-19-6-10-23-39(35)45)43-27-13-26-42-46-40-24-11-7-20-36(40)37-21-8-12-25-41(37)48(46)50-47(42)43/h1-29H. The van der Waals surface area contributed by atoms with Crippen LogP contribution in [0.3, 0.4) is 0 Å². The van der Waals surface area contributed by atoms with Gasteiger partial charge in [-0.3, -0.25) is 0 Å². The van der Waals surface area contributed by atoms with Gasteiger partial charge in [0.25, 0.3) is 0 Å². The molecule has 0 unspecified atom stereocenters. The lowest BCUT2D eigenvalue weighted by molar-refractivity contribution is 1.34. The Morgan fingerprint density at radius 2 is 0.680 bits per heavy atom. The van der Waals surface area contributed by atoms with Gasteiger partial charge in [-0.25, -0.2) is 0 Å². The Morgan fingerprint density at radius 3 is 1.24 bits per heavy atom. The third-order valence-corrected chi connectivity index (χ3v) is 11.8. The SMILES string of the molecule is c1ccc2c(c1)cc(N(c1cc3ccccc3c3ccccc13)c1cccc3c1sc1c4ccccc4c4ccccc4c31)c1ccccc12. The molecule has 0 saturated carbocycles. The lowest BCUT2D eigenvalue weighted by Crippen LogP contribution is -2.11. The van der Waals surface area contributed by atoms with Crippen LogP contribution in [0.1, 0.15) is 0 Å². The average molecular weight is 652 g/mol. The van der Waals surface area contributed by atoms with Crippen molar-refractivity contribution in [3.8, 4) is 0 Å². The first-order valence-corrected chi connectivity index (χ1v) is 18.0. The highest BCUT2D eigenvalue weighted by atomic mass is 32.1. The fourth-order valence-corrected chi connectivity index (χ4v) is 9.78. The highest BCUT2D eigenvalue weighted by Gasteiger charge is 2.24. The smallest absolute Gasteiger partial charge is 0.0640 e. The molecule has 0 atom stereocenters. The van der Waals surface area contributed by atoms with Gasteiger partial charge in [0.15, 0.2) is 0 Å². The van der Waals surface area contributed by atoms with E-state index >= 15 is 0 Å². The van der Waals surface area contributed by atoms with Gasteiger partial charge in [0.1, 0.15) is 0 Å². The molecule has 50 heavy (non-hydrogen) atoms. The van der Waals surface area contributed by atoms with Crippen molar-refractivity contribution in [2.75, 3.05) is 4.90 Å². The molecule has 11 rings (SSSR count). The summed E-state index contributed by atoms with van der Waals surface area (Å²) < 4.78 is 2.63. The molecule has 0 aliphatic heterocycles. The number of rotatable bonds is 3. The summed E-state index contributed by atoms with van der Waals surface area (Å²) in [6.45, 7) is 0. The van der Waals surface area contributed by atoms with Crippen molar-refractivity contribution in [1.82, 2.24) is 0 Å². The maximum absolute atomic E-state index is 2.56. The molecule has 0 aliphatic carbocycles. The van der Waals surface area contributed by atoms with Gasteiger partial charge in [0.2, 0.25) is 0 Å². The molecule has 0 bridgehead atoms. The van der Waals surface area contributed by atoms with Gasteiger partial charge < -0.3 is 4.90 Å². The summed E-state index contributed by atoms with van der Waals surface area (Å²) in [5.41, 5.74) is 3.55. The van der Waals surface area contributed by atoms with Gasteiger partial charge in [0, 0.05) is 31.6 Å². The number of hydrogen-bond donors (Lipinski definition) is 0. The summed E-state index contributed by atoms with van der Waals surface area (Å²) in [6.07, 6.45) is 0. The predicted octanol–water partition coefficient (Wildman–Crippen LogP) is 14.4. The van der Waals surface area contributed by atoms with Crippen molar-refractivity contribution < 1.29 is 0 Å². The molecule has 0 saturated heterocycles. The molecule has 2 heteroatoms. The first-order chi connectivity index (χ1) is 24.8. The van der Waals surface area contributed by atoms with E-state index in [1.54, 1.807) is 0 Å². The van der Waals surface area contributed by atoms with Gasteiger partial charge in [-0.15, -0.1) is 11.3 Å². The molecule has 0 fully saturated rings. The minimum atomic E-state index is 1.18. The van der Waals surface area contributed by atoms with Crippen LogP contribution in [0.4, 0.5) is 17.1 Å². The van der Waals surface area contributed by atoms with Crippen LogP contribution in [0.15, 0.2) is 176 Å². The Kier molecular flexibility index (Phi) is 5.89. The minimum absolute atomic E-state index is 1.18. The number of fused-ring (bicyclic) bond motifs is 14. The molecule has 0 N–H and O–H groups in total. The van der Waals surface area contributed by atoms with Crippen LogP contribution in [0.25, 0.3) is 84.8 Å². The fourth-order valence-electron chi connectivity index (χ4n) is 8.42. The topological polar surface area (TPSA) is 3.24 Å². The predicted molar refractivity (Wildman–Crippen MR) is 219 cm³/mol. The van der Waals surface area contributed by atoms with Crippen LogP contribution < -0.4 is 4.90 Å². The molecule has 0 aliphatic rings. The maximum Gasteiger partial charge on any atom is 0.0640 e. The second-order valence-corrected chi connectivity index (χ2v) is 14.2. The molecule has 11 aromatic rings. The third-order valence-electron chi connectivity index (χ3n) is 10.6. The van der Waals surface area contributed by atoms with Crippen molar-refractivity contribution in [2.45, 2.75) is 0 Å². The van der Waals surface area contributed by atoms with Crippen LogP contribution in [0, 0.1) is 0 Å². The molecular formula is C48H29NS. The van der Waals surface area contributed by atoms with Crippen molar-refractivity contribution in [2.24, 2.45) is 0 Å². The number of hydrogen-bond acceptors (Lipinski definition) is 2. The second kappa shape index (κ2) is 10.6. The van der Waals surface area contributed by atoms with E-state index in [2.05, 4.69) is 181 Å². The Bertz CT molecular complexity index is 3050. The molecule has 1 aromatic heterocycles. The lowest BCUT2D eigenvalue weighted by atomic mass is 9.95. The largest absolute Gasteiger partial charge is 0.308 e. The van der Waals surface area contributed by atoms with E-state index in [4.69, 9.17) is 0 Å². The van der Waals surface area contributed by atoms with Crippen LogP contribution in [-0.2, 0) is 0 Å². The summed E-state index contributed by atoms with van der Waals surface area (Å²) in [6, 6.07) is 65.0. The summed E-state index contributed by atoms with van der Waals surface area (Å²) >= 11 is 1.93. The first-order valence-electron chi connectivity index (χ1n) is 17.2. The van der Waals surface area contributed by atoms with Crippen molar-refractivity contribution in [3.05, 3.63) is 176 Å². The molecule has 10 aromatic carbocycles. The third kappa shape index (κ3) is 3.88. The van der Waals surface area contributed by atoms with Gasteiger partial charge in [-0.2, -0.15) is 0 Å². The van der Waals surface area contributed by atoms with Crippen molar-refractivity contribution in [3.63, 3.8) is 0 Å². The highest BCUT2D eigenvalue weighted by molar-refractivity contribution is 7.27. The molecule has 232 valence electrons. The van der Waals surface area contributed by atoms with Gasteiger partial charge in [0.05, 0.1) is 21.8 Å². The lowest BCUT2D eigenvalue weighted by Gasteiger charge is -2.29. The zero-order chi connectivity index (χ0) is 32.8.